The van der Waals surface area contributed by atoms with Crippen LogP contribution in [0.3, 0.4) is 0 Å². The SMILES string of the molecule is CC(c1ccccc1)n1ccnc1-c1ccc(N)cc1. The maximum atomic E-state index is 5.74. The Hall–Kier alpha value is -2.55. The number of nitrogen functional groups attached to an aromatic ring is 1. The first-order chi connectivity index (χ1) is 9.75. The van der Waals surface area contributed by atoms with Gasteiger partial charge >= 0.3 is 0 Å². The van der Waals surface area contributed by atoms with Gasteiger partial charge < -0.3 is 10.3 Å². The monoisotopic (exact) mass is 263 g/mol. The Balaban J connectivity index is 2.00. The number of nitrogens with zero attached hydrogens (tertiary/aromatic N) is 2. The van der Waals surface area contributed by atoms with E-state index in [2.05, 4.69) is 40.7 Å². The lowest BCUT2D eigenvalue weighted by Gasteiger charge is -2.17. The van der Waals surface area contributed by atoms with Crippen LogP contribution < -0.4 is 5.73 Å². The predicted octanol–water partition coefficient (Wildman–Crippen LogP) is 3.74. The quantitative estimate of drug-likeness (QED) is 0.731. The standard InChI is InChI=1S/C17H17N3/c1-13(14-5-3-2-4-6-14)20-12-11-19-17(20)15-7-9-16(18)10-8-15/h2-13H,18H2,1H3. The van der Waals surface area contributed by atoms with Gasteiger partial charge in [-0.05, 0) is 36.8 Å². The topological polar surface area (TPSA) is 43.8 Å². The lowest BCUT2D eigenvalue weighted by molar-refractivity contribution is 0.646. The van der Waals surface area contributed by atoms with Crippen molar-refractivity contribution in [1.29, 1.82) is 0 Å². The van der Waals surface area contributed by atoms with Gasteiger partial charge in [0.15, 0.2) is 0 Å². The second-order valence-corrected chi connectivity index (χ2v) is 4.87. The van der Waals surface area contributed by atoms with E-state index in [1.165, 1.54) is 5.56 Å². The van der Waals surface area contributed by atoms with Crippen LogP contribution in [0.25, 0.3) is 11.4 Å². The molecule has 3 aromatic rings. The number of nitrogens with two attached hydrogens (primary N) is 1. The third kappa shape index (κ3) is 2.30. The molecule has 0 aliphatic carbocycles. The highest BCUT2D eigenvalue weighted by Gasteiger charge is 2.12. The maximum absolute atomic E-state index is 5.74. The molecule has 1 unspecified atom stereocenters. The summed E-state index contributed by atoms with van der Waals surface area (Å²) >= 11 is 0. The van der Waals surface area contributed by atoms with Gasteiger partial charge in [0.1, 0.15) is 5.82 Å². The lowest BCUT2D eigenvalue weighted by Crippen LogP contribution is -2.07. The summed E-state index contributed by atoms with van der Waals surface area (Å²) in [5.41, 5.74) is 8.85. The van der Waals surface area contributed by atoms with Crippen molar-refractivity contribution in [2.75, 3.05) is 5.73 Å². The second kappa shape index (κ2) is 5.21. The minimum Gasteiger partial charge on any atom is -0.399 e. The smallest absolute Gasteiger partial charge is 0.140 e. The van der Waals surface area contributed by atoms with Crippen molar-refractivity contribution in [3.63, 3.8) is 0 Å². The van der Waals surface area contributed by atoms with Crippen LogP contribution in [0.2, 0.25) is 0 Å². The largest absolute Gasteiger partial charge is 0.399 e. The van der Waals surface area contributed by atoms with Gasteiger partial charge in [-0.2, -0.15) is 0 Å². The minimum atomic E-state index is 0.242. The van der Waals surface area contributed by atoms with E-state index in [1.54, 1.807) is 0 Å². The van der Waals surface area contributed by atoms with Crippen molar-refractivity contribution in [2.45, 2.75) is 13.0 Å². The first-order valence-electron chi connectivity index (χ1n) is 6.69. The van der Waals surface area contributed by atoms with E-state index in [9.17, 15) is 0 Å². The lowest BCUT2D eigenvalue weighted by atomic mass is 10.1. The summed E-state index contributed by atoms with van der Waals surface area (Å²) in [5.74, 6) is 0.960. The summed E-state index contributed by atoms with van der Waals surface area (Å²) in [4.78, 5) is 4.48. The molecule has 0 aliphatic rings. The highest BCUT2D eigenvalue weighted by molar-refractivity contribution is 5.59. The average Bonchev–Trinajstić information content (AvgIpc) is 2.97. The van der Waals surface area contributed by atoms with Gasteiger partial charge in [0.2, 0.25) is 0 Å². The summed E-state index contributed by atoms with van der Waals surface area (Å²) < 4.78 is 2.18. The minimum absolute atomic E-state index is 0.242. The van der Waals surface area contributed by atoms with Crippen LogP contribution in [0, 0.1) is 0 Å². The fourth-order valence-corrected chi connectivity index (χ4v) is 2.37. The Labute approximate surface area is 118 Å². The number of hydrogen-bond donors (Lipinski definition) is 1. The molecule has 2 aromatic carbocycles. The van der Waals surface area contributed by atoms with Gasteiger partial charge in [-0.3, -0.25) is 0 Å². The molecule has 0 spiro atoms. The zero-order chi connectivity index (χ0) is 13.9. The molecule has 0 amide bonds. The van der Waals surface area contributed by atoms with E-state index >= 15 is 0 Å². The Kier molecular flexibility index (Phi) is 3.25. The molecule has 20 heavy (non-hydrogen) atoms. The Bertz CT molecular complexity index is 684. The normalized spacial score (nSPS) is 12.2. The number of imidazole rings is 1. The number of rotatable bonds is 3. The van der Waals surface area contributed by atoms with Gasteiger partial charge in [0.05, 0.1) is 6.04 Å². The molecular formula is C17H17N3. The number of anilines is 1. The number of benzene rings is 2. The highest BCUT2D eigenvalue weighted by Crippen LogP contribution is 2.25. The molecule has 1 heterocycles. The van der Waals surface area contributed by atoms with Crippen LogP contribution in [-0.4, -0.2) is 9.55 Å². The van der Waals surface area contributed by atoms with Gasteiger partial charge in [-0.15, -0.1) is 0 Å². The van der Waals surface area contributed by atoms with Gasteiger partial charge in [0, 0.05) is 23.6 Å². The molecule has 1 atom stereocenters. The summed E-state index contributed by atoms with van der Waals surface area (Å²) in [6, 6.07) is 18.5. The molecule has 0 saturated carbocycles. The summed E-state index contributed by atoms with van der Waals surface area (Å²) in [6.45, 7) is 2.18. The summed E-state index contributed by atoms with van der Waals surface area (Å²) in [5, 5.41) is 0. The van der Waals surface area contributed by atoms with Crippen LogP contribution in [-0.2, 0) is 0 Å². The van der Waals surface area contributed by atoms with Crippen LogP contribution in [0.5, 0.6) is 0 Å². The molecule has 0 aliphatic heterocycles. The van der Waals surface area contributed by atoms with Crippen molar-refractivity contribution in [3.05, 3.63) is 72.6 Å². The Morgan fingerprint density at radius 1 is 1.00 bits per heavy atom. The third-order valence-corrected chi connectivity index (χ3v) is 3.54. The molecule has 0 saturated heterocycles. The van der Waals surface area contributed by atoms with Gasteiger partial charge in [-0.1, -0.05) is 30.3 Å². The summed E-state index contributed by atoms with van der Waals surface area (Å²) in [6.07, 6.45) is 3.86. The zero-order valence-electron chi connectivity index (χ0n) is 11.4. The Morgan fingerprint density at radius 2 is 1.70 bits per heavy atom. The van der Waals surface area contributed by atoms with Crippen LogP contribution in [0.1, 0.15) is 18.5 Å². The van der Waals surface area contributed by atoms with E-state index < -0.39 is 0 Å². The molecule has 2 N–H and O–H groups in total. The molecule has 3 heteroatoms. The molecular weight excluding hydrogens is 246 g/mol. The Morgan fingerprint density at radius 3 is 2.40 bits per heavy atom. The van der Waals surface area contributed by atoms with Crippen LogP contribution in [0.4, 0.5) is 5.69 Å². The van der Waals surface area contributed by atoms with Crippen molar-refractivity contribution in [2.24, 2.45) is 0 Å². The van der Waals surface area contributed by atoms with E-state index in [0.29, 0.717) is 0 Å². The van der Waals surface area contributed by atoms with E-state index in [-0.39, 0.29) is 6.04 Å². The molecule has 3 nitrogen and oxygen atoms in total. The molecule has 100 valence electrons. The molecule has 0 fully saturated rings. The zero-order valence-corrected chi connectivity index (χ0v) is 11.4. The van der Waals surface area contributed by atoms with Gasteiger partial charge in [-0.25, -0.2) is 4.98 Å². The van der Waals surface area contributed by atoms with Crippen LogP contribution >= 0.6 is 0 Å². The molecule has 0 radical (unpaired) electrons. The van der Waals surface area contributed by atoms with Gasteiger partial charge in [0.25, 0.3) is 0 Å². The number of aromatic nitrogens is 2. The van der Waals surface area contributed by atoms with E-state index in [1.807, 2.05) is 42.7 Å². The fraction of sp³-hybridized carbons (Fsp3) is 0.118. The molecule has 1 aromatic heterocycles. The molecule has 0 bridgehead atoms. The van der Waals surface area contributed by atoms with E-state index in [0.717, 1.165) is 17.1 Å². The fourth-order valence-electron chi connectivity index (χ4n) is 2.37. The average molecular weight is 263 g/mol. The predicted molar refractivity (Wildman–Crippen MR) is 82.3 cm³/mol. The second-order valence-electron chi connectivity index (χ2n) is 4.87. The van der Waals surface area contributed by atoms with E-state index in [4.69, 9.17) is 5.73 Å². The number of hydrogen-bond acceptors (Lipinski definition) is 2. The van der Waals surface area contributed by atoms with Crippen molar-refractivity contribution in [1.82, 2.24) is 9.55 Å². The summed E-state index contributed by atoms with van der Waals surface area (Å²) in [7, 11) is 0. The first kappa shape index (κ1) is 12.5. The molecule has 3 rings (SSSR count). The van der Waals surface area contributed by atoms with Crippen molar-refractivity contribution >= 4 is 5.69 Å². The third-order valence-electron chi connectivity index (χ3n) is 3.54. The maximum Gasteiger partial charge on any atom is 0.140 e. The highest BCUT2D eigenvalue weighted by atomic mass is 15.1. The van der Waals surface area contributed by atoms with Crippen molar-refractivity contribution < 1.29 is 0 Å². The van der Waals surface area contributed by atoms with Crippen molar-refractivity contribution in [3.8, 4) is 11.4 Å². The first-order valence-corrected chi connectivity index (χ1v) is 6.69. The van der Waals surface area contributed by atoms with Crippen LogP contribution in [0.15, 0.2) is 67.0 Å².